The lowest BCUT2D eigenvalue weighted by Gasteiger charge is -2.14. The molecule has 0 amide bonds. The van der Waals surface area contributed by atoms with Gasteiger partial charge in [-0.15, -0.1) is 11.3 Å². The molecular formula is C20H20N2O3S. The largest absolute Gasteiger partial charge is 0.458 e. The van der Waals surface area contributed by atoms with Gasteiger partial charge in [-0.2, -0.15) is 0 Å². The minimum absolute atomic E-state index is 0.00983. The van der Waals surface area contributed by atoms with Gasteiger partial charge in [-0.1, -0.05) is 30.3 Å². The van der Waals surface area contributed by atoms with Gasteiger partial charge in [-0.25, -0.2) is 4.98 Å². The Bertz CT molecular complexity index is 1020. The van der Waals surface area contributed by atoms with Gasteiger partial charge in [0, 0.05) is 11.8 Å². The first-order valence-corrected chi connectivity index (χ1v) is 9.66. The summed E-state index contributed by atoms with van der Waals surface area (Å²) in [6, 6.07) is 9.81. The summed E-state index contributed by atoms with van der Waals surface area (Å²) in [5.41, 5.74) is 2.17. The highest BCUT2D eigenvalue weighted by Gasteiger charge is 2.22. The molecule has 0 unspecified atom stereocenters. The van der Waals surface area contributed by atoms with E-state index < -0.39 is 0 Å². The number of carbonyl (C=O) groups is 1. The van der Waals surface area contributed by atoms with Crippen molar-refractivity contribution < 1.29 is 9.53 Å². The molecule has 4 rings (SSSR count). The van der Waals surface area contributed by atoms with Gasteiger partial charge in [0.2, 0.25) is 0 Å². The van der Waals surface area contributed by atoms with Gasteiger partial charge in [0.15, 0.2) is 5.82 Å². The molecule has 5 nitrogen and oxygen atoms in total. The molecule has 1 aliphatic carbocycles. The van der Waals surface area contributed by atoms with Crippen LogP contribution in [0, 0.1) is 0 Å². The fourth-order valence-electron chi connectivity index (χ4n) is 3.49. The SMILES string of the molecule is CC(=O)OCc1nc2sc3c(c2c(=O)n1Cc1ccccc1)CCCC3. The van der Waals surface area contributed by atoms with Crippen LogP contribution in [0.5, 0.6) is 0 Å². The van der Waals surface area contributed by atoms with Crippen LogP contribution in [0.3, 0.4) is 0 Å². The molecule has 3 aromatic rings. The molecule has 0 bridgehead atoms. The van der Waals surface area contributed by atoms with E-state index in [1.165, 1.54) is 23.8 Å². The van der Waals surface area contributed by atoms with Crippen LogP contribution in [0.15, 0.2) is 35.1 Å². The van der Waals surface area contributed by atoms with Crippen molar-refractivity contribution >= 4 is 27.5 Å². The molecule has 0 radical (unpaired) electrons. The molecule has 1 aromatic carbocycles. The molecular weight excluding hydrogens is 348 g/mol. The fourth-order valence-corrected chi connectivity index (χ4v) is 4.76. The van der Waals surface area contributed by atoms with E-state index in [0.29, 0.717) is 12.4 Å². The molecule has 26 heavy (non-hydrogen) atoms. The Morgan fingerprint density at radius 2 is 2.00 bits per heavy atom. The summed E-state index contributed by atoms with van der Waals surface area (Å²) in [5, 5.41) is 0.757. The summed E-state index contributed by atoms with van der Waals surface area (Å²) < 4.78 is 6.81. The maximum absolute atomic E-state index is 13.3. The van der Waals surface area contributed by atoms with E-state index in [0.717, 1.165) is 35.0 Å². The Hall–Kier alpha value is -2.47. The molecule has 0 aliphatic heterocycles. The van der Waals surface area contributed by atoms with E-state index in [1.54, 1.807) is 15.9 Å². The Morgan fingerprint density at radius 1 is 1.23 bits per heavy atom. The Morgan fingerprint density at radius 3 is 2.77 bits per heavy atom. The summed E-state index contributed by atoms with van der Waals surface area (Å²) in [6.45, 7) is 1.79. The van der Waals surface area contributed by atoms with E-state index in [9.17, 15) is 9.59 Å². The van der Waals surface area contributed by atoms with Crippen molar-refractivity contribution in [3.05, 3.63) is 62.5 Å². The van der Waals surface area contributed by atoms with Gasteiger partial charge in [-0.3, -0.25) is 14.2 Å². The van der Waals surface area contributed by atoms with Gasteiger partial charge in [0.1, 0.15) is 11.4 Å². The molecule has 0 saturated carbocycles. The number of nitrogens with zero attached hydrogens (tertiary/aromatic N) is 2. The van der Waals surface area contributed by atoms with Gasteiger partial charge in [0.05, 0.1) is 11.9 Å². The predicted molar refractivity (Wildman–Crippen MR) is 102 cm³/mol. The lowest BCUT2D eigenvalue weighted by molar-refractivity contribution is -0.142. The maximum Gasteiger partial charge on any atom is 0.303 e. The van der Waals surface area contributed by atoms with Crippen molar-refractivity contribution in [1.29, 1.82) is 0 Å². The molecule has 6 heteroatoms. The van der Waals surface area contributed by atoms with Crippen LogP contribution in [0.2, 0.25) is 0 Å². The number of benzene rings is 1. The number of hydrogen-bond acceptors (Lipinski definition) is 5. The number of rotatable bonds is 4. The third-order valence-corrected chi connectivity index (χ3v) is 5.93. The molecule has 0 atom stereocenters. The lowest BCUT2D eigenvalue weighted by atomic mass is 9.97. The van der Waals surface area contributed by atoms with Gasteiger partial charge in [0.25, 0.3) is 5.56 Å². The highest BCUT2D eigenvalue weighted by atomic mass is 32.1. The number of thiophene rings is 1. The second-order valence-corrected chi connectivity index (χ2v) is 7.66. The van der Waals surface area contributed by atoms with Crippen LogP contribution in [0.1, 0.15) is 41.6 Å². The van der Waals surface area contributed by atoms with E-state index in [2.05, 4.69) is 0 Å². The van der Waals surface area contributed by atoms with Crippen molar-refractivity contribution in [3.63, 3.8) is 0 Å². The zero-order valence-corrected chi connectivity index (χ0v) is 15.5. The lowest BCUT2D eigenvalue weighted by Crippen LogP contribution is -2.27. The van der Waals surface area contributed by atoms with E-state index in [1.807, 2.05) is 30.3 Å². The quantitative estimate of drug-likeness (QED) is 0.662. The van der Waals surface area contributed by atoms with Crippen molar-refractivity contribution in [2.24, 2.45) is 0 Å². The molecule has 2 heterocycles. The van der Waals surface area contributed by atoms with Crippen LogP contribution in [-0.4, -0.2) is 15.5 Å². The van der Waals surface area contributed by atoms with Crippen LogP contribution < -0.4 is 5.56 Å². The monoisotopic (exact) mass is 368 g/mol. The third-order valence-electron chi connectivity index (χ3n) is 4.74. The fraction of sp³-hybridized carbons (Fsp3) is 0.350. The minimum Gasteiger partial charge on any atom is -0.458 e. The molecule has 2 aromatic heterocycles. The van der Waals surface area contributed by atoms with E-state index in [4.69, 9.17) is 9.72 Å². The first kappa shape index (κ1) is 17.0. The summed E-state index contributed by atoms with van der Waals surface area (Å²) in [7, 11) is 0. The Kier molecular flexibility index (Phi) is 4.59. The minimum atomic E-state index is -0.379. The molecule has 0 N–H and O–H groups in total. The highest BCUT2D eigenvalue weighted by Crippen LogP contribution is 2.33. The van der Waals surface area contributed by atoms with Crippen molar-refractivity contribution in [3.8, 4) is 0 Å². The third kappa shape index (κ3) is 3.17. The molecule has 1 aliphatic rings. The number of fused-ring (bicyclic) bond motifs is 3. The maximum atomic E-state index is 13.3. The van der Waals surface area contributed by atoms with Crippen LogP contribution in [-0.2, 0) is 35.5 Å². The second kappa shape index (κ2) is 7.03. The zero-order chi connectivity index (χ0) is 18.1. The Balaban J connectivity index is 1.87. The highest BCUT2D eigenvalue weighted by molar-refractivity contribution is 7.18. The van der Waals surface area contributed by atoms with Gasteiger partial charge in [-0.05, 0) is 36.8 Å². The average Bonchev–Trinajstić information content (AvgIpc) is 3.02. The molecule has 0 saturated heterocycles. The van der Waals surface area contributed by atoms with E-state index in [-0.39, 0.29) is 18.1 Å². The number of carbonyl (C=O) groups excluding carboxylic acids is 1. The topological polar surface area (TPSA) is 61.2 Å². The molecule has 0 spiro atoms. The normalized spacial score (nSPS) is 13.6. The summed E-state index contributed by atoms with van der Waals surface area (Å²) in [4.78, 5) is 31.3. The van der Waals surface area contributed by atoms with Gasteiger partial charge < -0.3 is 4.74 Å². The van der Waals surface area contributed by atoms with Crippen LogP contribution in [0.4, 0.5) is 0 Å². The number of hydrogen-bond donors (Lipinski definition) is 0. The molecule has 0 fully saturated rings. The van der Waals surface area contributed by atoms with Crippen molar-refractivity contribution in [2.75, 3.05) is 0 Å². The summed E-state index contributed by atoms with van der Waals surface area (Å²) >= 11 is 1.61. The number of ether oxygens (including phenoxy) is 1. The summed E-state index contributed by atoms with van der Waals surface area (Å²) in [5.74, 6) is 0.122. The number of aryl methyl sites for hydroxylation is 2. The zero-order valence-electron chi connectivity index (χ0n) is 14.7. The Labute approximate surface area is 155 Å². The van der Waals surface area contributed by atoms with Gasteiger partial charge >= 0.3 is 5.97 Å². The van der Waals surface area contributed by atoms with Crippen LogP contribution in [0.25, 0.3) is 10.2 Å². The first-order chi connectivity index (χ1) is 12.6. The predicted octanol–water partition coefficient (Wildman–Crippen LogP) is 3.45. The van der Waals surface area contributed by atoms with E-state index >= 15 is 0 Å². The first-order valence-electron chi connectivity index (χ1n) is 8.84. The smallest absolute Gasteiger partial charge is 0.303 e. The van der Waals surface area contributed by atoms with Crippen molar-refractivity contribution in [2.45, 2.75) is 45.8 Å². The average molecular weight is 368 g/mol. The van der Waals surface area contributed by atoms with Crippen molar-refractivity contribution in [1.82, 2.24) is 9.55 Å². The number of aromatic nitrogens is 2. The number of esters is 1. The second-order valence-electron chi connectivity index (χ2n) is 6.58. The molecule has 134 valence electrons. The summed E-state index contributed by atoms with van der Waals surface area (Å²) in [6.07, 6.45) is 4.25. The standard InChI is InChI=1S/C20H20N2O3S/c1-13(23)25-12-17-21-19-18(15-9-5-6-10-16(15)26-19)20(24)22(17)11-14-7-3-2-4-8-14/h2-4,7-8H,5-6,9-12H2,1H3. The van der Waals surface area contributed by atoms with Crippen LogP contribution >= 0.6 is 11.3 Å².